The first-order chi connectivity index (χ1) is 20.8. The predicted octanol–water partition coefficient (Wildman–Crippen LogP) is 6.75. The van der Waals surface area contributed by atoms with Crippen molar-refractivity contribution in [3.05, 3.63) is 118 Å². The van der Waals surface area contributed by atoms with Crippen molar-refractivity contribution in [1.82, 2.24) is 5.32 Å². The first-order valence-corrected chi connectivity index (χ1v) is 14.4. The third-order valence-corrected chi connectivity index (χ3v) is 7.52. The number of amides is 2. The van der Waals surface area contributed by atoms with Gasteiger partial charge in [-0.15, -0.1) is 11.8 Å². The zero-order valence-corrected chi connectivity index (χ0v) is 25.3. The van der Waals surface area contributed by atoms with Crippen LogP contribution in [0.15, 0.2) is 102 Å². The molecule has 0 aliphatic carbocycles. The van der Waals surface area contributed by atoms with Gasteiger partial charge in [0.05, 0.1) is 32.1 Å². The fourth-order valence-electron chi connectivity index (χ4n) is 4.04. The Bertz CT molecular complexity index is 1620. The number of halogens is 1. The lowest BCUT2D eigenvalue weighted by Gasteiger charge is -2.15. The second kappa shape index (κ2) is 14.9. The lowest BCUT2D eigenvalue weighted by atomic mass is 10.1. The molecule has 4 aromatic carbocycles. The van der Waals surface area contributed by atoms with Crippen LogP contribution in [0.2, 0.25) is 5.02 Å². The summed E-state index contributed by atoms with van der Waals surface area (Å²) in [6, 6.07) is 25.9. The number of carbonyl (C=O) groups excluding carboxylic acids is 3. The second-order valence-electron chi connectivity index (χ2n) is 9.01. The number of nitrogens with one attached hydrogen (secondary N) is 2. The average molecular weight is 617 g/mol. The highest BCUT2D eigenvalue weighted by atomic mass is 35.5. The Morgan fingerprint density at radius 3 is 2.05 bits per heavy atom. The number of thioether (sulfide) groups is 1. The van der Waals surface area contributed by atoms with Gasteiger partial charge in [0, 0.05) is 21.7 Å². The molecule has 10 heteroatoms. The van der Waals surface area contributed by atoms with Crippen LogP contribution in [0.5, 0.6) is 17.2 Å². The maximum atomic E-state index is 13.5. The van der Waals surface area contributed by atoms with E-state index >= 15 is 0 Å². The van der Waals surface area contributed by atoms with Gasteiger partial charge in [0.15, 0.2) is 17.3 Å². The molecule has 0 aliphatic rings. The molecule has 0 spiro atoms. The van der Waals surface area contributed by atoms with Crippen molar-refractivity contribution in [3.63, 3.8) is 0 Å². The zero-order chi connectivity index (χ0) is 30.8. The quantitative estimate of drug-likeness (QED) is 0.103. The van der Waals surface area contributed by atoms with Crippen LogP contribution in [-0.2, 0) is 4.79 Å². The van der Waals surface area contributed by atoms with E-state index in [9.17, 15) is 14.4 Å². The van der Waals surface area contributed by atoms with Gasteiger partial charge < -0.3 is 24.8 Å². The van der Waals surface area contributed by atoms with Gasteiger partial charge in [0.1, 0.15) is 5.70 Å². The molecule has 0 heterocycles. The standard InChI is InChI=1S/C33H29ClN2O6S/c1-40-29-18-21(19-30(41-2)31(29)42-3)17-27(36-32(38)22-9-5-4-6-10-22)33(39)35-23-13-15-24(16-14-23)43-20-28(37)25-11-7-8-12-26(25)34/h4-19H,20H2,1-3H3,(H,35,39)(H,36,38)/b27-17-. The Balaban J connectivity index is 1.54. The number of hydrogen-bond donors (Lipinski definition) is 2. The summed E-state index contributed by atoms with van der Waals surface area (Å²) in [5, 5.41) is 5.95. The van der Waals surface area contributed by atoms with E-state index in [4.69, 9.17) is 25.8 Å². The van der Waals surface area contributed by atoms with Gasteiger partial charge >= 0.3 is 0 Å². The van der Waals surface area contributed by atoms with Gasteiger partial charge in [0.25, 0.3) is 11.8 Å². The molecule has 0 saturated heterocycles. The van der Waals surface area contributed by atoms with Gasteiger partial charge in [-0.2, -0.15) is 0 Å². The Kier molecular flexibility index (Phi) is 10.9. The third-order valence-electron chi connectivity index (χ3n) is 6.18. The highest BCUT2D eigenvalue weighted by molar-refractivity contribution is 8.00. The van der Waals surface area contributed by atoms with E-state index in [0.717, 1.165) is 4.90 Å². The number of ether oxygens (including phenoxy) is 3. The van der Waals surface area contributed by atoms with Gasteiger partial charge in [-0.1, -0.05) is 41.9 Å². The van der Waals surface area contributed by atoms with Crippen molar-refractivity contribution < 1.29 is 28.6 Å². The number of hydrogen-bond acceptors (Lipinski definition) is 7. The summed E-state index contributed by atoms with van der Waals surface area (Å²) < 4.78 is 16.3. The van der Waals surface area contributed by atoms with Crippen molar-refractivity contribution in [2.45, 2.75) is 4.90 Å². The molecule has 0 fully saturated rings. The van der Waals surface area contributed by atoms with Crippen LogP contribution >= 0.6 is 23.4 Å². The summed E-state index contributed by atoms with van der Waals surface area (Å²) in [6.45, 7) is 0. The summed E-state index contributed by atoms with van der Waals surface area (Å²) in [4.78, 5) is 39.9. The van der Waals surface area contributed by atoms with E-state index in [1.165, 1.54) is 39.2 Å². The van der Waals surface area contributed by atoms with E-state index in [2.05, 4.69) is 10.6 Å². The van der Waals surface area contributed by atoms with Crippen LogP contribution in [0.1, 0.15) is 26.3 Å². The number of ketones is 1. The zero-order valence-electron chi connectivity index (χ0n) is 23.7. The molecule has 4 aromatic rings. The molecule has 43 heavy (non-hydrogen) atoms. The molecule has 0 atom stereocenters. The normalized spacial score (nSPS) is 10.9. The molecule has 2 N–H and O–H groups in total. The highest BCUT2D eigenvalue weighted by Gasteiger charge is 2.18. The summed E-state index contributed by atoms with van der Waals surface area (Å²) in [6.07, 6.45) is 1.52. The van der Waals surface area contributed by atoms with Crippen LogP contribution in [0.3, 0.4) is 0 Å². The minimum Gasteiger partial charge on any atom is -0.493 e. The van der Waals surface area contributed by atoms with Crippen LogP contribution in [0.4, 0.5) is 5.69 Å². The van der Waals surface area contributed by atoms with Gasteiger partial charge in [-0.25, -0.2) is 0 Å². The van der Waals surface area contributed by atoms with Crippen LogP contribution in [0.25, 0.3) is 6.08 Å². The van der Waals surface area contributed by atoms with Crippen LogP contribution in [0, 0.1) is 0 Å². The largest absolute Gasteiger partial charge is 0.493 e. The number of rotatable bonds is 12. The number of benzene rings is 4. The topological polar surface area (TPSA) is 103 Å². The van der Waals surface area contributed by atoms with Crippen LogP contribution in [-0.4, -0.2) is 44.7 Å². The first-order valence-electron chi connectivity index (χ1n) is 13.0. The highest BCUT2D eigenvalue weighted by Crippen LogP contribution is 2.38. The van der Waals surface area contributed by atoms with E-state index in [1.807, 2.05) is 0 Å². The van der Waals surface area contributed by atoms with Gasteiger partial charge in [-0.3, -0.25) is 14.4 Å². The molecular formula is C33H29ClN2O6S. The van der Waals surface area contributed by atoms with E-state index in [1.54, 1.807) is 91.0 Å². The summed E-state index contributed by atoms with van der Waals surface area (Å²) >= 11 is 7.50. The fourth-order valence-corrected chi connectivity index (χ4v) is 5.06. The minimum absolute atomic E-state index is 0.00749. The molecule has 0 radical (unpaired) electrons. The lowest BCUT2D eigenvalue weighted by molar-refractivity contribution is -0.113. The Hall–Kier alpha value is -4.73. The van der Waals surface area contributed by atoms with Crippen molar-refractivity contribution in [2.24, 2.45) is 0 Å². The van der Waals surface area contributed by atoms with Crippen LogP contribution < -0.4 is 24.8 Å². The average Bonchev–Trinajstić information content (AvgIpc) is 3.03. The third kappa shape index (κ3) is 8.18. The maximum absolute atomic E-state index is 13.5. The molecule has 0 saturated carbocycles. The summed E-state index contributed by atoms with van der Waals surface area (Å²) in [5.74, 6) is 0.308. The smallest absolute Gasteiger partial charge is 0.272 e. The SMILES string of the molecule is COc1cc(/C=C(\NC(=O)c2ccccc2)C(=O)Nc2ccc(SCC(=O)c3ccccc3Cl)cc2)cc(OC)c1OC. The van der Waals surface area contributed by atoms with Crippen molar-refractivity contribution in [3.8, 4) is 17.2 Å². The van der Waals surface area contributed by atoms with Crippen molar-refractivity contribution in [1.29, 1.82) is 0 Å². The molecule has 0 unspecified atom stereocenters. The van der Waals surface area contributed by atoms with Gasteiger partial charge in [-0.05, 0) is 72.3 Å². The molecule has 2 amide bonds. The number of methoxy groups -OCH3 is 3. The second-order valence-corrected chi connectivity index (χ2v) is 10.5. The van der Waals surface area contributed by atoms with Crippen molar-refractivity contribution >= 4 is 52.7 Å². The Morgan fingerprint density at radius 2 is 1.44 bits per heavy atom. The first kappa shape index (κ1) is 31.2. The molecule has 0 aromatic heterocycles. The molecule has 0 aliphatic heterocycles. The fraction of sp³-hybridized carbons (Fsp3) is 0.121. The lowest BCUT2D eigenvalue weighted by Crippen LogP contribution is -2.30. The number of carbonyl (C=O) groups is 3. The van der Waals surface area contributed by atoms with E-state index < -0.39 is 11.8 Å². The molecule has 8 nitrogen and oxygen atoms in total. The molecule has 220 valence electrons. The maximum Gasteiger partial charge on any atom is 0.272 e. The minimum atomic E-state index is -0.549. The summed E-state index contributed by atoms with van der Waals surface area (Å²) in [7, 11) is 4.48. The predicted molar refractivity (Wildman–Crippen MR) is 170 cm³/mol. The molecule has 0 bridgehead atoms. The van der Waals surface area contributed by atoms with Crippen molar-refractivity contribution in [2.75, 3.05) is 32.4 Å². The number of Topliss-reactive ketones (excluding diaryl/α,β-unsaturated/α-hetero) is 1. The number of anilines is 1. The van der Waals surface area contributed by atoms with Gasteiger partial charge in [0.2, 0.25) is 5.75 Å². The Labute approximate surface area is 259 Å². The summed E-state index contributed by atoms with van der Waals surface area (Å²) in [5.41, 5.74) is 1.88. The van der Waals surface area contributed by atoms with E-state index in [-0.39, 0.29) is 17.2 Å². The van der Waals surface area contributed by atoms with E-state index in [0.29, 0.717) is 44.6 Å². The monoisotopic (exact) mass is 616 g/mol. The molecule has 4 rings (SSSR count). The molecular weight excluding hydrogens is 588 g/mol. The Morgan fingerprint density at radius 1 is 0.814 bits per heavy atom.